The number of amides is 1. The SMILES string of the molecule is CCOC(=O)Cn1c(=NC(=O)c2cc(C)oc2C)sc2cc3c(cc21)OCO3. The lowest BCUT2D eigenvalue weighted by Gasteiger charge is -2.05. The fourth-order valence-electron chi connectivity index (χ4n) is 3.02. The first-order valence-corrected chi connectivity index (χ1v) is 9.52. The van der Waals surface area contributed by atoms with Gasteiger partial charge >= 0.3 is 5.97 Å². The van der Waals surface area contributed by atoms with Crippen LogP contribution in [0.2, 0.25) is 0 Å². The summed E-state index contributed by atoms with van der Waals surface area (Å²) in [6, 6.07) is 5.26. The average molecular weight is 402 g/mol. The smallest absolute Gasteiger partial charge is 0.326 e. The first-order valence-electron chi connectivity index (χ1n) is 8.71. The first kappa shape index (κ1) is 18.3. The molecule has 0 unspecified atom stereocenters. The van der Waals surface area contributed by atoms with Gasteiger partial charge in [-0.3, -0.25) is 9.59 Å². The molecule has 0 aliphatic carbocycles. The third-order valence-electron chi connectivity index (χ3n) is 4.24. The zero-order chi connectivity index (χ0) is 19.8. The molecule has 0 saturated carbocycles. The maximum absolute atomic E-state index is 12.7. The Morgan fingerprint density at radius 1 is 1.21 bits per heavy atom. The van der Waals surface area contributed by atoms with Crippen LogP contribution in [0.25, 0.3) is 10.2 Å². The summed E-state index contributed by atoms with van der Waals surface area (Å²) in [5.41, 5.74) is 1.11. The van der Waals surface area contributed by atoms with E-state index in [0.29, 0.717) is 38.9 Å². The number of aryl methyl sites for hydroxylation is 2. The predicted octanol–water partition coefficient (Wildman–Crippen LogP) is 2.95. The molecule has 1 aromatic carbocycles. The molecule has 0 N–H and O–H groups in total. The topological polar surface area (TPSA) is 92.3 Å². The van der Waals surface area contributed by atoms with Crippen molar-refractivity contribution < 1.29 is 28.2 Å². The molecule has 2 aromatic heterocycles. The second-order valence-corrected chi connectivity index (χ2v) is 7.20. The highest BCUT2D eigenvalue weighted by Crippen LogP contribution is 2.37. The third-order valence-corrected chi connectivity index (χ3v) is 5.28. The molecule has 1 aliphatic rings. The largest absolute Gasteiger partial charge is 0.466 e. The van der Waals surface area contributed by atoms with Crippen LogP contribution in [-0.4, -0.2) is 29.8 Å². The van der Waals surface area contributed by atoms with E-state index in [4.69, 9.17) is 18.6 Å². The molecule has 9 heteroatoms. The number of carbonyl (C=O) groups is 2. The van der Waals surface area contributed by atoms with Gasteiger partial charge in [0.1, 0.15) is 18.1 Å². The lowest BCUT2D eigenvalue weighted by molar-refractivity contribution is -0.143. The van der Waals surface area contributed by atoms with E-state index < -0.39 is 11.9 Å². The number of thiazole rings is 1. The summed E-state index contributed by atoms with van der Waals surface area (Å²) in [6.07, 6.45) is 0. The van der Waals surface area contributed by atoms with Crippen LogP contribution in [0.3, 0.4) is 0 Å². The Bertz CT molecular complexity index is 1150. The summed E-state index contributed by atoms with van der Waals surface area (Å²) in [5, 5.41) is 0. The van der Waals surface area contributed by atoms with Crippen LogP contribution in [0.5, 0.6) is 11.5 Å². The molecule has 28 heavy (non-hydrogen) atoms. The van der Waals surface area contributed by atoms with Gasteiger partial charge in [-0.25, -0.2) is 0 Å². The third kappa shape index (κ3) is 3.29. The maximum Gasteiger partial charge on any atom is 0.326 e. The highest BCUT2D eigenvalue weighted by molar-refractivity contribution is 7.16. The van der Waals surface area contributed by atoms with Crippen molar-refractivity contribution in [2.75, 3.05) is 13.4 Å². The number of carbonyl (C=O) groups excluding carboxylic acids is 2. The second-order valence-electron chi connectivity index (χ2n) is 6.19. The van der Waals surface area contributed by atoms with Crippen molar-refractivity contribution >= 4 is 33.4 Å². The number of rotatable bonds is 4. The zero-order valence-electron chi connectivity index (χ0n) is 15.6. The Morgan fingerprint density at radius 2 is 1.96 bits per heavy atom. The Balaban J connectivity index is 1.85. The van der Waals surface area contributed by atoms with Crippen LogP contribution in [0.4, 0.5) is 0 Å². The fourth-order valence-corrected chi connectivity index (χ4v) is 4.06. The molecule has 3 heterocycles. The molecule has 1 aliphatic heterocycles. The van der Waals surface area contributed by atoms with Crippen LogP contribution >= 0.6 is 11.3 Å². The van der Waals surface area contributed by atoms with Crippen molar-refractivity contribution in [3.63, 3.8) is 0 Å². The van der Waals surface area contributed by atoms with Crippen molar-refractivity contribution in [1.82, 2.24) is 4.57 Å². The van der Waals surface area contributed by atoms with Gasteiger partial charge in [0.15, 0.2) is 16.3 Å². The van der Waals surface area contributed by atoms with Gasteiger partial charge in [0, 0.05) is 12.1 Å². The summed E-state index contributed by atoms with van der Waals surface area (Å²) in [5.74, 6) is 1.50. The minimum atomic E-state index is -0.432. The first-order chi connectivity index (χ1) is 13.5. The minimum Gasteiger partial charge on any atom is -0.466 e. The molecule has 0 bridgehead atoms. The Hall–Kier alpha value is -3.07. The van der Waals surface area contributed by atoms with E-state index in [0.717, 1.165) is 4.70 Å². The highest BCUT2D eigenvalue weighted by Gasteiger charge is 2.20. The van der Waals surface area contributed by atoms with Crippen LogP contribution in [0.15, 0.2) is 27.6 Å². The van der Waals surface area contributed by atoms with Gasteiger partial charge in [-0.1, -0.05) is 11.3 Å². The molecule has 0 fully saturated rings. The van der Waals surface area contributed by atoms with E-state index >= 15 is 0 Å². The molecule has 1 amide bonds. The molecule has 3 aromatic rings. The van der Waals surface area contributed by atoms with E-state index in [9.17, 15) is 9.59 Å². The van der Waals surface area contributed by atoms with Crippen molar-refractivity contribution in [2.24, 2.45) is 4.99 Å². The van der Waals surface area contributed by atoms with Gasteiger partial charge in [0.05, 0.1) is 22.4 Å². The lowest BCUT2D eigenvalue weighted by atomic mass is 10.2. The summed E-state index contributed by atoms with van der Waals surface area (Å²) >= 11 is 1.29. The monoisotopic (exact) mass is 402 g/mol. The standard InChI is InChI=1S/C19H18N2O6S/c1-4-24-17(22)8-21-13-6-14-15(26-9-25-14)7-16(13)28-19(21)20-18(23)12-5-10(2)27-11(12)3/h5-7H,4,8-9H2,1-3H3. The Labute approximate surface area is 164 Å². The van der Waals surface area contributed by atoms with Gasteiger partial charge in [-0.15, -0.1) is 0 Å². The van der Waals surface area contributed by atoms with Crippen molar-refractivity contribution in [3.05, 3.63) is 40.1 Å². The number of ether oxygens (including phenoxy) is 3. The van der Waals surface area contributed by atoms with Crippen LogP contribution in [0, 0.1) is 13.8 Å². The van der Waals surface area contributed by atoms with E-state index in [1.165, 1.54) is 11.3 Å². The maximum atomic E-state index is 12.7. The highest BCUT2D eigenvalue weighted by atomic mass is 32.1. The number of esters is 1. The van der Waals surface area contributed by atoms with Crippen molar-refractivity contribution in [2.45, 2.75) is 27.3 Å². The number of benzene rings is 1. The van der Waals surface area contributed by atoms with Gasteiger partial charge in [-0.05, 0) is 26.8 Å². The molecular formula is C19H18N2O6S. The van der Waals surface area contributed by atoms with Crippen LogP contribution in [-0.2, 0) is 16.1 Å². The average Bonchev–Trinajstić information content (AvgIpc) is 3.31. The molecule has 0 spiro atoms. The van der Waals surface area contributed by atoms with E-state index in [1.807, 2.05) is 6.07 Å². The molecule has 4 rings (SSSR count). The molecule has 0 saturated heterocycles. The number of fused-ring (bicyclic) bond motifs is 2. The summed E-state index contributed by atoms with van der Waals surface area (Å²) in [4.78, 5) is 29.4. The van der Waals surface area contributed by atoms with Gasteiger partial charge in [0.25, 0.3) is 5.91 Å². The van der Waals surface area contributed by atoms with Crippen molar-refractivity contribution in [1.29, 1.82) is 0 Å². The van der Waals surface area contributed by atoms with Gasteiger partial charge in [-0.2, -0.15) is 4.99 Å². The van der Waals surface area contributed by atoms with E-state index in [1.54, 1.807) is 37.5 Å². The zero-order valence-corrected chi connectivity index (χ0v) is 16.4. The van der Waals surface area contributed by atoms with Gasteiger partial charge < -0.3 is 23.2 Å². The number of nitrogens with zero attached hydrogens (tertiary/aromatic N) is 2. The summed E-state index contributed by atoms with van der Waals surface area (Å²) < 4.78 is 23.8. The number of aromatic nitrogens is 1. The van der Waals surface area contributed by atoms with Crippen LogP contribution in [0.1, 0.15) is 28.8 Å². The molecular weight excluding hydrogens is 384 g/mol. The molecule has 146 valence electrons. The molecule has 8 nitrogen and oxygen atoms in total. The van der Waals surface area contributed by atoms with Gasteiger partial charge in [0.2, 0.25) is 6.79 Å². The summed E-state index contributed by atoms with van der Waals surface area (Å²) in [6.45, 7) is 5.58. The number of hydrogen-bond donors (Lipinski definition) is 0. The molecule has 0 radical (unpaired) electrons. The predicted molar refractivity (Wildman–Crippen MR) is 101 cm³/mol. The second kappa shape index (κ2) is 7.16. The normalized spacial score (nSPS) is 13.3. The molecule has 0 atom stereocenters. The van der Waals surface area contributed by atoms with Crippen LogP contribution < -0.4 is 14.3 Å². The number of hydrogen-bond acceptors (Lipinski definition) is 7. The van der Waals surface area contributed by atoms with E-state index in [2.05, 4.69) is 4.99 Å². The van der Waals surface area contributed by atoms with E-state index in [-0.39, 0.29) is 19.9 Å². The Morgan fingerprint density at radius 3 is 2.64 bits per heavy atom. The minimum absolute atomic E-state index is 0.0665. The lowest BCUT2D eigenvalue weighted by Crippen LogP contribution is -2.23. The number of furan rings is 1. The fraction of sp³-hybridized carbons (Fsp3) is 0.316. The Kier molecular flexibility index (Phi) is 4.68. The summed E-state index contributed by atoms with van der Waals surface area (Å²) in [7, 11) is 0. The quantitative estimate of drug-likeness (QED) is 0.623. The van der Waals surface area contributed by atoms with Crippen molar-refractivity contribution in [3.8, 4) is 11.5 Å².